The number of benzene rings is 1. The molecule has 0 spiro atoms. The second-order valence-corrected chi connectivity index (χ2v) is 4.24. The monoisotopic (exact) mass is 266 g/mol. The normalized spacial score (nSPS) is 10.1. The average Bonchev–Trinajstić information content (AvgIpc) is 2.43. The Balaban J connectivity index is 2.62. The number of hydrogen-bond donors (Lipinski definition) is 3. The maximum absolute atomic E-state index is 11.8. The average molecular weight is 266 g/mol. The zero-order valence-electron chi connectivity index (χ0n) is 11.5. The van der Waals surface area contributed by atoms with Gasteiger partial charge in [0, 0.05) is 12.1 Å². The minimum atomic E-state index is -0.282. The zero-order chi connectivity index (χ0) is 14.1. The van der Waals surface area contributed by atoms with Crippen LogP contribution in [0.4, 0.5) is 10.5 Å². The molecule has 19 heavy (non-hydrogen) atoms. The van der Waals surface area contributed by atoms with Gasteiger partial charge in [-0.1, -0.05) is 31.9 Å². The molecule has 1 rings (SSSR count). The summed E-state index contributed by atoms with van der Waals surface area (Å²) in [7, 11) is 1.53. The smallest absolute Gasteiger partial charge is 0.319 e. The molecular formula is C14H22N2O3. The third kappa shape index (κ3) is 4.79. The minimum absolute atomic E-state index is 0.150. The van der Waals surface area contributed by atoms with Crippen molar-refractivity contribution in [2.75, 3.05) is 19.0 Å². The summed E-state index contributed by atoms with van der Waals surface area (Å²) in [5.74, 6) is 0.537. The van der Waals surface area contributed by atoms with E-state index >= 15 is 0 Å². The number of amides is 2. The highest BCUT2D eigenvalue weighted by Gasteiger charge is 2.11. The van der Waals surface area contributed by atoms with Gasteiger partial charge in [-0.15, -0.1) is 0 Å². The van der Waals surface area contributed by atoms with E-state index in [0.717, 1.165) is 19.3 Å². The van der Waals surface area contributed by atoms with E-state index < -0.39 is 0 Å². The Hall–Kier alpha value is -1.75. The molecule has 2 amide bonds. The number of rotatable bonds is 7. The summed E-state index contributed by atoms with van der Waals surface area (Å²) in [4.78, 5) is 11.8. The van der Waals surface area contributed by atoms with Crippen LogP contribution in [0.1, 0.15) is 31.7 Å². The van der Waals surface area contributed by atoms with E-state index in [2.05, 4.69) is 17.6 Å². The lowest BCUT2D eigenvalue weighted by molar-refractivity contribution is 0.251. The first kappa shape index (κ1) is 15.3. The van der Waals surface area contributed by atoms with E-state index in [-0.39, 0.29) is 12.6 Å². The Kier molecular flexibility index (Phi) is 6.74. The molecular weight excluding hydrogens is 244 g/mol. The van der Waals surface area contributed by atoms with Crippen molar-refractivity contribution in [3.63, 3.8) is 0 Å². The van der Waals surface area contributed by atoms with Crippen molar-refractivity contribution in [1.29, 1.82) is 0 Å². The van der Waals surface area contributed by atoms with Crippen molar-refractivity contribution < 1.29 is 14.6 Å². The Bertz CT molecular complexity index is 385. The molecule has 5 nitrogen and oxygen atoms in total. The summed E-state index contributed by atoms with van der Waals surface area (Å²) in [6.07, 6.45) is 3.17. The highest BCUT2D eigenvalue weighted by molar-refractivity contribution is 5.91. The lowest BCUT2D eigenvalue weighted by Crippen LogP contribution is -2.30. The van der Waals surface area contributed by atoms with Crippen molar-refractivity contribution in [1.82, 2.24) is 5.32 Å². The van der Waals surface area contributed by atoms with Crippen molar-refractivity contribution >= 4 is 11.7 Å². The number of para-hydroxylation sites is 1. The lowest BCUT2D eigenvalue weighted by Gasteiger charge is -2.14. The fraction of sp³-hybridized carbons (Fsp3) is 0.500. The van der Waals surface area contributed by atoms with E-state index in [0.29, 0.717) is 23.5 Å². The van der Waals surface area contributed by atoms with Gasteiger partial charge in [0.05, 0.1) is 19.4 Å². The summed E-state index contributed by atoms with van der Waals surface area (Å²) in [5.41, 5.74) is 1.14. The molecule has 5 heteroatoms. The van der Waals surface area contributed by atoms with Gasteiger partial charge < -0.3 is 20.5 Å². The van der Waals surface area contributed by atoms with Gasteiger partial charge in [0.25, 0.3) is 0 Å². The van der Waals surface area contributed by atoms with Crippen LogP contribution in [0, 0.1) is 0 Å². The molecule has 106 valence electrons. The van der Waals surface area contributed by atoms with Crippen LogP contribution in [0.5, 0.6) is 5.75 Å². The number of hydrogen-bond acceptors (Lipinski definition) is 3. The molecule has 0 fully saturated rings. The molecule has 3 N–H and O–H groups in total. The maximum Gasteiger partial charge on any atom is 0.319 e. The standard InChI is InChI=1S/C14H22N2O3/c1-3-4-5-9-15-14(18)16-13-11(10-17)7-6-8-12(13)19-2/h6-8,17H,3-5,9-10H2,1-2H3,(H2,15,16,18). The number of aliphatic hydroxyl groups is 1. The molecule has 0 saturated heterocycles. The highest BCUT2D eigenvalue weighted by Crippen LogP contribution is 2.28. The molecule has 1 aromatic rings. The number of urea groups is 1. The SMILES string of the molecule is CCCCCNC(=O)Nc1c(CO)cccc1OC. The summed E-state index contributed by atoms with van der Waals surface area (Å²) in [5, 5.41) is 14.8. The van der Waals surface area contributed by atoms with Gasteiger partial charge in [0.15, 0.2) is 0 Å². The van der Waals surface area contributed by atoms with Gasteiger partial charge in [-0.25, -0.2) is 4.79 Å². The summed E-state index contributed by atoms with van der Waals surface area (Å²) >= 11 is 0. The van der Waals surface area contributed by atoms with Gasteiger partial charge >= 0.3 is 6.03 Å². The highest BCUT2D eigenvalue weighted by atomic mass is 16.5. The van der Waals surface area contributed by atoms with E-state index in [4.69, 9.17) is 4.74 Å². The first-order valence-corrected chi connectivity index (χ1v) is 6.54. The van der Waals surface area contributed by atoms with Gasteiger partial charge in [0.1, 0.15) is 5.75 Å². The van der Waals surface area contributed by atoms with Crippen LogP contribution in [0.2, 0.25) is 0 Å². The topological polar surface area (TPSA) is 70.6 Å². The Morgan fingerprint density at radius 2 is 2.16 bits per heavy atom. The predicted octanol–water partition coefficient (Wildman–Crippen LogP) is 2.50. The fourth-order valence-corrected chi connectivity index (χ4v) is 1.75. The van der Waals surface area contributed by atoms with Gasteiger partial charge in [-0.05, 0) is 12.5 Å². The third-order valence-electron chi connectivity index (χ3n) is 2.81. The Morgan fingerprint density at radius 3 is 2.79 bits per heavy atom. The minimum Gasteiger partial charge on any atom is -0.495 e. The molecule has 0 saturated carbocycles. The molecule has 0 bridgehead atoms. The first-order valence-electron chi connectivity index (χ1n) is 6.54. The van der Waals surface area contributed by atoms with Crippen LogP contribution in [0.15, 0.2) is 18.2 Å². The quantitative estimate of drug-likeness (QED) is 0.664. The number of carbonyl (C=O) groups is 1. The van der Waals surface area contributed by atoms with Crippen molar-refractivity contribution in [3.8, 4) is 5.75 Å². The van der Waals surface area contributed by atoms with Crippen LogP contribution in [-0.4, -0.2) is 24.8 Å². The molecule has 0 aliphatic rings. The van der Waals surface area contributed by atoms with Crippen molar-refractivity contribution in [2.24, 2.45) is 0 Å². The van der Waals surface area contributed by atoms with Gasteiger partial charge in [-0.2, -0.15) is 0 Å². The van der Waals surface area contributed by atoms with E-state index in [1.54, 1.807) is 18.2 Å². The van der Waals surface area contributed by atoms with Gasteiger partial charge in [-0.3, -0.25) is 0 Å². The maximum atomic E-state index is 11.8. The fourth-order valence-electron chi connectivity index (χ4n) is 1.75. The molecule has 1 aromatic carbocycles. The van der Waals surface area contributed by atoms with E-state index in [1.165, 1.54) is 7.11 Å². The van der Waals surface area contributed by atoms with E-state index in [1.807, 2.05) is 0 Å². The number of aliphatic hydroxyl groups excluding tert-OH is 1. The van der Waals surface area contributed by atoms with Crippen molar-refractivity contribution in [3.05, 3.63) is 23.8 Å². The summed E-state index contributed by atoms with van der Waals surface area (Å²) in [6, 6.07) is 4.98. The summed E-state index contributed by atoms with van der Waals surface area (Å²) < 4.78 is 5.18. The zero-order valence-corrected chi connectivity index (χ0v) is 11.5. The Morgan fingerprint density at radius 1 is 1.37 bits per heavy atom. The van der Waals surface area contributed by atoms with Crippen LogP contribution < -0.4 is 15.4 Å². The molecule has 0 heterocycles. The second-order valence-electron chi connectivity index (χ2n) is 4.24. The Labute approximate surface area is 114 Å². The molecule has 0 aliphatic heterocycles. The number of methoxy groups -OCH3 is 1. The number of unbranched alkanes of at least 4 members (excludes halogenated alkanes) is 2. The van der Waals surface area contributed by atoms with E-state index in [9.17, 15) is 9.90 Å². The summed E-state index contributed by atoms with van der Waals surface area (Å²) in [6.45, 7) is 2.61. The lowest BCUT2D eigenvalue weighted by atomic mass is 10.1. The van der Waals surface area contributed by atoms with Crippen LogP contribution in [-0.2, 0) is 6.61 Å². The second kappa shape index (κ2) is 8.37. The predicted molar refractivity (Wildman–Crippen MR) is 75.5 cm³/mol. The molecule has 0 atom stereocenters. The molecule has 0 unspecified atom stereocenters. The number of carbonyl (C=O) groups excluding carboxylic acids is 1. The molecule has 0 radical (unpaired) electrons. The third-order valence-corrected chi connectivity index (χ3v) is 2.81. The molecule has 0 aromatic heterocycles. The van der Waals surface area contributed by atoms with Crippen LogP contribution in [0.25, 0.3) is 0 Å². The van der Waals surface area contributed by atoms with Crippen molar-refractivity contribution in [2.45, 2.75) is 32.8 Å². The van der Waals surface area contributed by atoms with Crippen LogP contribution in [0.3, 0.4) is 0 Å². The van der Waals surface area contributed by atoms with Crippen LogP contribution >= 0.6 is 0 Å². The van der Waals surface area contributed by atoms with Gasteiger partial charge in [0.2, 0.25) is 0 Å². The largest absolute Gasteiger partial charge is 0.495 e. The molecule has 0 aliphatic carbocycles. The first-order chi connectivity index (χ1) is 9.22. The number of anilines is 1. The number of nitrogens with one attached hydrogen (secondary N) is 2. The number of ether oxygens (including phenoxy) is 1.